The maximum atomic E-state index is 12.9. The first-order valence-corrected chi connectivity index (χ1v) is 13.6. The van der Waals surface area contributed by atoms with Gasteiger partial charge in [-0.3, -0.25) is 4.79 Å². The van der Waals surface area contributed by atoms with Crippen LogP contribution in [0.5, 0.6) is 5.75 Å². The second kappa shape index (κ2) is 11.4. The van der Waals surface area contributed by atoms with Crippen molar-refractivity contribution in [1.82, 2.24) is 14.4 Å². The molecule has 0 saturated carbocycles. The van der Waals surface area contributed by atoms with Crippen LogP contribution in [0.2, 0.25) is 5.02 Å². The van der Waals surface area contributed by atoms with E-state index in [9.17, 15) is 13.6 Å². The number of aromatic nitrogens is 3. The number of alkyl halides is 2. The minimum atomic E-state index is -2.90. The van der Waals surface area contributed by atoms with E-state index in [0.717, 1.165) is 28.2 Å². The lowest BCUT2D eigenvalue weighted by Gasteiger charge is -2.38. The molecule has 1 aromatic carbocycles. The summed E-state index contributed by atoms with van der Waals surface area (Å²) >= 11 is 6.73. The van der Waals surface area contributed by atoms with Gasteiger partial charge in [0, 0.05) is 54.3 Å². The van der Waals surface area contributed by atoms with Crippen molar-refractivity contribution in [2.75, 3.05) is 24.6 Å². The summed E-state index contributed by atoms with van der Waals surface area (Å²) in [5.74, 6) is 0.681. The van der Waals surface area contributed by atoms with E-state index in [1.807, 2.05) is 49.6 Å². The summed E-state index contributed by atoms with van der Waals surface area (Å²) in [5.41, 5.74) is 4.29. The van der Waals surface area contributed by atoms with Crippen molar-refractivity contribution in [2.45, 2.75) is 46.6 Å². The quantitative estimate of drug-likeness (QED) is 0.220. The van der Waals surface area contributed by atoms with Crippen LogP contribution < -0.4 is 9.64 Å². The van der Waals surface area contributed by atoms with Crippen LogP contribution in [0, 0.1) is 12.3 Å². The van der Waals surface area contributed by atoms with Crippen molar-refractivity contribution in [1.29, 1.82) is 0 Å². The van der Waals surface area contributed by atoms with E-state index < -0.39 is 12.0 Å². The Morgan fingerprint density at radius 3 is 2.60 bits per heavy atom. The van der Waals surface area contributed by atoms with Crippen LogP contribution in [-0.4, -0.2) is 46.6 Å². The first-order valence-electron chi connectivity index (χ1n) is 13.3. The fourth-order valence-corrected chi connectivity index (χ4v) is 5.46. The summed E-state index contributed by atoms with van der Waals surface area (Å²) in [6.45, 7) is 4.45. The van der Waals surface area contributed by atoms with Crippen LogP contribution in [0.3, 0.4) is 0 Å². The molecule has 0 radical (unpaired) electrons. The number of anilines is 1. The highest BCUT2D eigenvalue weighted by Gasteiger charge is 2.38. The fourth-order valence-electron chi connectivity index (χ4n) is 5.18. The number of para-hydroxylation sites is 1. The molecular weight excluding hydrogens is 538 g/mol. The Morgan fingerprint density at radius 2 is 1.90 bits per heavy atom. The van der Waals surface area contributed by atoms with E-state index >= 15 is 0 Å². The Hall–Kier alpha value is -3.72. The third kappa shape index (κ3) is 5.61. The predicted octanol–water partition coefficient (Wildman–Crippen LogP) is 6.72. The molecule has 5 rings (SSSR count). The molecular formula is C30H31ClF2N4O3. The van der Waals surface area contributed by atoms with Gasteiger partial charge in [-0.05, 0) is 57.9 Å². The summed E-state index contributed by atoms with van der Waals surface area (Å²) in [5, 5.41) is 0.525. The van der Waals surface area contributed by atoms with E-state index in [2.05, 4.69) is 14.9 Å². The van der Waals surface area contributed by atoms with Crippen LogP contribution in [0.15, 0.2) is 54.9 Å². The van der Waals surface area contributed by atoms with Gasteiger partial charge < -0.3 is 18.8 Å². The number of aryl methyl sites for hydroxylation is 1. The largest absolute Gasteiger partial charge is 0.466 e. The number of fused-ring (bicyclic) bond motifs is 1. The van der Waals surface area contributed by atoms with Crippen molar-refractivity contribution >= 4 is 29.0 Å². The van der Waals surface area contributed by atoms with Gasteiger partial charge in [0.2, 0.25) is 0 Å². The normalized spacial score (nSPS) is 15.0. The van der Waals surface area contributed by atoms with E-state index in [-0.39, 0.29) is 11.7 Å². The molecule has 3 aromatic heterocycles. The highest BCUT2D eigenvalue weighted by molar-refractivity contribution is 6.33. The Kier molecular flexibility index (Phi) is 7.94. The van der Waals surface area contributed by atoms with Gasteiger partial charge in [0.25, 0.3) is 0 Å². The first kappa shape index (κ1) is 27.8. The van der Waals surface area contributed by atoms with Gasteiger partial charge in [-0.25, -0.2) is 9.97 Å². The van der Waals surface area contributed by atoms with Crippen LogP contribution in [-0.2, 0) is 16.0 Å². The van der Waals surface area contributed by atoms with Gasteiger partial charge in [0.05, 0.1) is 22.7 Å². The molecule has 4 aromatic rings. The molecule has 0 spiro atoms. The first-order chi connectivity index (χ1) is 19.2. The second-order valence-corrected chi connectivity index (χ2v) is 10.7. The number of benzene rings is 1. The standard InChI is InChI=1S/C30H31ClF2N4O3/c1-4-39-28(38)30(3)11-13-36(14-12-30)27-23(31)15-22(17-34-27)21-9-10-26-35-19(2)24(37(26)18-21)16-20-7-5-6-8-25(20)40-29(32)33/h5-10,15,17-18,29H,4,11-14,16H2,1-3H3. The van der Waals surface area contributed by atoms with Crippen LogP contribution in [0.25, 0.3) is 16.8 Å². The van der Waals surface area contributed by atoms with Crippen LogP contribution >= 0.6 is 11.6 Å². The number of halogens is 3. The van der Waals surface area contributed by atoms with E-state index in [0.29, 0.717) is 55.4 Å². The SMILES string of the molecule is CCOC(=O)C1(C)CCN(c2ncc(-c3ccc4nc(C)c(Cc5ccccc5OC(F)F)n4c3)cc2Cl)CC1. The molecule has 210 valence electrons. The number of ether oxygens (including phenoxy) is 2. The van der Waals surface area contributed by atoms with Crippen LogP contribution in [0.1, 0.15) is 43.6 Å². The second-order valence-electron chi connectivity index (χ2n) is 10.3. The van der Waals surface area contributed by atoms with Gasteiger partial charge in [-0.1, -0.05) is 29.8 Å². The maximum Gasteiger partial charge on any atom is 0.387 e. The number of nitrogens with zero attached hydrogens (tertiary/aromatic N) is 4. The molecule has 1 aliphatic rings. The number of carbonyl (C=O) groups excluding carboxylic acids is 1. The average molecular weight is 569 g/mol. The van der Waals surface area contributed by atoms with Crippen molar-refractivity contribution in [3.63, 3.8) is 0 Å². The van der Waals surface area contributed by atoms with Crippen molar-refractivity contribution < 1.29 is 23.0 Å². The van der Waals surface area contributed by atoms with Gasteiger partial charge in [-0.2, -0.15) is 8.78 Å². The number of hydrogen-bond acceptors (Lipinski definition) is 6. The molecule has 1 fully saturated rings. The monoisotopic (exact) mass is 568 g/mol. The molecule has 0 amide bonds. The summed E-state index contributed by atoms with van der Waals surface area (Å²) in [6.07, 6.45) is 5.45. The number of piperidine rings is 1. The van der Waals surface area contributed by atoms with Gasteiger partial charge >= 0.3 is 12.6 Å². The lowest BCUT2D eigenvalue weighted by atomic mass is 9.80. The topological polar surface area (TPSA) is 69.0 Å². The third-order valence-electron chi connectivity index (χ3n) is 7.55. The van der Waals surface area contributed by atoms with Crippen LogP contribution in [0.4, 0.5) is 14.6 Å². The summed E-state index contributed by atoms with van der Waals surface area (Å²) in [4.78, 5) is 23.8. The molecule has 0 bridgehead atoms. The predicted molar refractivity (Wildman–Crippen MR) is 150 cm³/mol. The van der Waals surface area contributed by atoms with Crippen molar-refractivity contribution in [3.8, 4) is 16.9 Å². The van der Waals surface area contributed by atoms with Crippen molar-refractivity contribution in [2.24, 2.45) is 5.41 Å². The number of hydrogen-bond donors (Lipinski definition) is 0. The number of esters is 1. The lowest BCUT2D eigenvalue weighted by Crippen LogP contribution is -2.43. The van der Waals surface area contributed by atoms with Crippen molar-refractivity contribution in [3.05, 3.63) is 76.8 Å². The molecule has 0 atom stereocenters. The maximum absolute atomic E-state index is 12.9. The number of rotatable bonds is 8. The molecule has 1 saturated heterocycles. The Morgan fingerprint density at radius 1 is 1.15 bits per heavy atom. The highest BCUT2D eigenvalue weighted by Crippen LogP contribution is 2.37. The zero-order valence-electron chi connectivity index (χ0n) is 22.7. The summed E-state index contributed by atoms with van der Waals surface area (Å²) in [6, 6.07) is 12.5. The fraction of sp³-hybridized carbons (Fsp3) is 0.367. The molecule has 40 heavy (non-hydrogen) atoms. The molecule has 1 aliphatic heterocycles. The summed E-state index contributed by atoms with van der Waals surface area (Å²) in [7, 11) is 0. The smallest absolute Gasteiger partial charge is 0.387 e. The average Bonchev–Trinajstić information content (AvgIpc) is 3.24. The Labute approximate surface area is 236 Å². The Balaban J connectivity index is 1.39. The van der Waals surface area contributed by atoms with E-state index in [1.165, 1.54) is 0 Å². The zero-order valence-corrected chi connectivity index (χ0v) is 23.4. The molecule has 10 heteroatoms. The summed E-state index contributed by atoms with van der Waals surface area (Å²) < 4.78 is 37.9. The third-order valence-corrected chi connectivity index (χ3v) is 7.83. The molecule has 4 heterocycles. The van der Waals surface area contributed by atoms with Gasteiger partial charge in [0.1, 0.15) is 17.2 Å². The van der Waals surface area contributed by atoms with E-state index in [1.54, 1.807) is 30.5 Å². The van der Waals surface area contributed by atoms with Gasteiger partial charge in [-0.15, -0.1) is 0 Å². The van der Waals surface area contributed by atoms with E-state index in [4.69, 9.17) is 21.1 Å². The molecule has 0 aliphatic carbocycles. The Bertz CT molecular complexity index is 1530. The minimum Gasteiger partial charge on any atom is -0.466 e. The zero-order chi connectivity index (χ0) is 28.4. The molecule has 0 unspecified atom stereocenters. The highest BCUT2D eigenvalue weighted by atomic mass is 35.5. The number of pyridine rings is 2. The number of carbonyl (C=O) groups is 1. The minimum absolute atomic E-state index is 0.148. The molecule has 0 N–H and O–H groups in total. The molecule has 7 nitrogen and oxygen atoms in total. The van der Waals surface area contributed by atoms with Gasteiger partial charge in [0.15, 0.2) is 0 Å². The lowest BCUT2D eigenvalue weighted by molar-refractivity contribution is -0.155. The number of imidazole rings is 1.